The summed E-state index contributed by atoms with van der Waals surface area (Å²) in [6.45, 7) is 2.46. The second kappa shape index (κ2) is 10.3. The van der Waals surface area contributed by atoms with Crippen LogP contribution in [0.1, 0.15) is 13.3 Å². The zero-order chi connectivity index (χ0) is 19.8. The average Bonchev–Trinajstić information content (AvgIpc) is 2.61. The van der Waals surface area contributed by atoms with Crippen LogP contribution in [-0.4, -0.2) is 31.3 Å². The Kier molecular flexibility index (Phi) is 8.16. The maximum atomic E-state index is 11.8. The highest BCUT2D eigenvalue weighted by atomic mass is 35.5. The van der Waals surface area contributed by atoms with Crippen LogP contribution in [0.25, 0.3) is 0 Å². The Labute approximate surface area is 174 Å². The molecule has 0 fully saturated rings. The van der Waals surface area contributed by atoms with Crippen molar-refractivity contribution in [2.75, 3.05) is 30.5 Å². The molecule has 0 aliphatic carbocycles. The van der Waals surface area contributed by atoms with E-state index < -0.39 is 0 Å². The zero-order valence-corrected chi connectivity index (χ0v) is 17.3. The molecule has 0 aliphatic rings. The summed E-state index contributed by atoms with van der Waals surface area (Å²) in [4.78, 5) is 13.6. The molecule has 0 amide bonds. The summed E-state index contributed by atoms with van der Waals surface area (Å²) in [6.07, 6.45) is 0.192. The highest BCUT2D eigenvalue weighted by Gasteiger charge is 2.15. The number of thiocarbonyl (C=S) groups is 1. The predicted molar refractivity (Wildman–Crippen MR) is 114 cm³/mol. The van der Waals surface area contributed by atoms with E-state index in [1.165, 1.54) is 0 Å². The van der Waals surface area contributed by atoms with Gasteiger partial charge in [-0.2, -0.15) is 0 Å². The number of methoxy groups -OCH3 is 1. The van der Waals surface area contributed by atoms with Gasteiger partial charge >= 0.3 is 5.97 Å². The van der Waals surface area contributed by atoms with Gasteiger partial charge in [-0.25, -0.2) is 0 Å². The van der Waals surface area contributed by atoms with Crippen LogP contribution in [0.4, 0.5) is 11.4 Å². The van der Waals surface area contributed by atoms with Crippen molar-refractivity contribution >= 4 is 57.9 Å². The van der Waals surface area contributed by atoms with E-state index in [1.807, 2.05) is 24.3 Å². The number of nitrogens with zero attached hydrogens (tertiary/aromatic N) is 1. The molecule has 0 saturated carbocycles. The molecule has 0 saturated heterocycles. The molecule has 2 aromatic carbocycles. The normalized spacial score (nSPS) is 10.2. The van der Waals surface area contributed by atoms with E-state index in [0.29, 0.717) is 34.0 Å². The van der Waals surface area contributed by atoms with Crippen LogP contribution < -0.4 is 15.0 Å². The number of hydrogen-bond acceptors (Lipinski definition) is 4. The van der Waals surface area contributed by atoms with Crippen LogP contribution in [0.15, 0.2) is 42.5 Å². The van der Waals surface area contributed by atoms with Crippen LogP contribution in [-0.2, 0) is 9.53 Å². The number of hydrogen-bond donors (Lipinski definition) is 1. The Bertz CT molecular complexity index is 780. The Morgan fingerprint density at radius 1 is 1.15 bits per heavy atom. The molecule has 2 aromatic rings. The first-order chi connectivity index (χ1) is 12.9. The number of anilines is 2. The summed E-state index contributed by atoms with van der Waals surface area (Å²) in [5, 5.41) is 4.51. The van der Waals surface area contributed by atoms with Crippen molar-refractivity contribution in [2.45, 2.75) is 13.3 Å². The van der Waals surface area contributed by atoms with Gasteiger partial charge in [0, 0.05) is 28.0 Å². The Morgan fingerprint density at radius 2 is 1.78 bits per heavy atom. The third-order valence-electron chi connectivity index (χ3n) is 3.59. The molecule has 0 radical (unpaired) electrons. The van der Waals surface area contributed by atoms with Gasteiger partial charge in [-0.05, 0) is 61.6 Å². The SMILES string of the molecule is CCOC(=O)CCN(C(=S)Nc1cc(Cl)cc(Cl)c1)c1ccc(OC)cc1. The van der Waals surface area contributed by atoms with Crippen LogP contribution in [0, 0.1) is 0 Å². The van der Waals surface area contributed by atoms with Gasteiger partial charge in [0.15, 0.2) is 5.11 Å². The molecule has 0 unspecified atom stereocenters. The van der Waals surface area contributed by atoms with Gasteiger partial charge in [0.1, 0.15) is 5.75 Å². The van der Waals surface area contributed by atoms with Crippen molar-refractivity contribution in [2.24, 2.45) is 0 Å². The standard InChI is InChI=1S/C19H20Cl2N2O3S/c1-3-26-18(24)8-9-23(16-4-6-17(25-2)7-5-16)19(27)22-15-11-13(20)10-14(21)12-15/h4-7,10-12H,3,8-9H2,1-2H3,(H,22,27). The first kappa shape index (κ1) is 21.3. The average molecular weight is 427 g/mol. The number of halogens is 2. The summed E-state index contributed by atoms with van der Waals surface area (Å²) >= 11 is 17.6. The van der Waals surface area contributed by atoms with E-state index >= 15 is 0 Å². The van der Waals surface area contributed by atoms with Crippen molar-refractivity contribution < 1.29 is 14.3 Å². The van der Waals surface area contributed by atoms with Crippen LogP contribution in [0.2, 0.25) is 10.0 Å². The lowest BCUT2D eigenvalue weighted by Gasteiger charge is -2.26. The van der Waals surface area contributed by atoms with Crippen LogP contribution in [0.5, 0.6) is 5.75 Å². The molecule has 2 rings (SSSR count). The predicted octanol–water partition coefficient (Wildman–Crippen LogP) is 5.16. The maximum Gasteiger partial charge on any atom is 0.307 e. The molecule has 0 heterocycles. The van der Waals surface area contributed by atoms with E-state index in [4.69, 9.17) is 44.9 Å². The van der Waals surface area contributed by atoms with Gasteiger partial charge in [0.25, 0.3) is 0 Å². The molecule has 144 valence electrons. The topological polar surface area (TPSA) is 50.8 Å². The number of benzene rings is 2. The first-order valence-electron chi connectivity index (χ1n) is 8.27. The summed E-state index contributed by atoms with van der Waals surface area (Å²) in [5.41, 5.74) is 1.47. The largest absolute Gasteiger partial charge is 0.497 e. The van der Waals surface area contributed by atoms with Crippen molar-refractivity contribution in [3.8, 4) is 5.75 Å². The summed E-state index contributed by atoms with van der Waals surface area (Å²) in [7, 11) is 1.60. The van der Waals surface area contributed by atoms with Crippen molar-refractivity contribution in [1.29, 1.82) is 0 Å². The molecule has 0 atom stereocenters. The Hall–Kier alpha value is -2.02. The third-order valence-corrected chi connectivity index (χ3v) is 4.35. The lowest BCUT2D eigenvalue weighted by molar-refractivity contribution is -0.142. The van der Waals surface area contributed by atoms with E-state index in [1.54, 1.807) is 37.1 Å². The van der Waals surface area contributed by atoms with E-state index in [2.05, 4.69) is 5.32 Å². The van der Waals surface area contributed by atoms with E-state index in [9.17, 15) is 4.79 Å². The molecule has 0 spiro atoms. The van der Waals surface area contributed by atoms with E-state index in [-0.39, 0.29) is 12.4 Å². The number of ether oxygens (including phenoxy) is 2. The molecule has 8 heteroatoms. The third kappa shape index (κ3) is 6.57. The minimum absolute atomic E-state index is 0.192. The maximum absolute atomic E-state index is 11.8. The van der Waals surface area contributed by atoms with Crippen LogP contribution in [0.3, 0.4) is 0 Å². The fraction of sp³-hybridized carbons (Fsp3) is 0.263. The fourth-order valence-corrected chi connectivity index (χ4v) is 3.20. The monoisotopic (exact) mass is 426 g/mol. The minimum Gasteiger partial charge on any atom is -0.497 e. The molecule has 0 aromatic heterocycles. The lowest BCUT2D eigenvalue weighted by Crippen LogP contribution is -2.36. The Balaban J connectivity index is 2.20. The molecule has 27 heavy (non-hydrogen) atoms. The molecule has 1 N–H and O–H groups in total. The molecular formula is C19H20Cl2N2O3S. The number of rotatable bonds is 7. The second-order valence-electron chi connectivity index (χ2n) is 5.49. The van der Waals surface area contributed by atoms with Gasteiger partial charge in [0.05, 0.1) is 20.1 Å². The number of carbonyl (C=O) groups is 1. The van der Waals surface area contributed by atoms with Gasteiger partial charge < -0.3 is 19.7 Å². The van der Waals surface area contributed by atoms with E-state index in [0.717, 1.165) is 11.4 Å². The smallest absolute Gasteiger partial charge is 0.307 e. The minimum atomic E-state index is -0.287. The lowest BCUT2D eigenvalue weighted by atomic mass is 10.2. The Morgan fingerprint density at radius 3 is 2.33 bits per heavy atom. The number of nitrogens with one attached hydrogen (secondary N) is 1. The fourth-order valence-electron chi connectivity index (χ4n) is 2.36. The number of esters is 1. The molecular weight excluding hydrogens is 407 g/mol. The van der Waals surface area contributed by atoms with Crippen molar-refractivity contribution in [1.82, 2.24) is 0 Å². The van der Waals surface area contributed by atoms with Gasteiger partial charge in [-0.3, -0.25) is 4.79 Å². The van der Waals surface area contributed by atoms with Gasteiger partial charge in [-0.1, -0.05) is 23.2 Å². The summed E-state index contributed by atoms with van der Waals surface area (Å²) < 4.78 is 10.2. The molecule has 0 aliphatic heterocycles. The highest BCUT2D eigenvalue weighted by Crippen LogP contribution is 2.24. The first-order valence-corrected chi connectivity index (χ1v) is 9.43. The summed E-state index contributed by atoms with van der Waals surface area (Å²) in [6, 6.07) is 12.5. The highest BCUT2D eigenvalue weighted by molar-refractivity contribution is 7.80. The van der Waals surface area contributed by atoms with Gasteiger partial charge in [0.2, 0.25) is 0 Å². The van der Waals surface area contributed by atoms with Crippen LogP contribution >= 0.6 is 35.4 Å². The van der Waals surface area contributed by atoms with Crippen molar-refractivity contribution in [3.05, 3.63) is 52.5 Å². The van der Waals surface area contributed by atoms with Gasteiger partial charge in [-0.15, -0.1) is 0 Å². The molecule has 0 bridgehead atoms. The second-order valence-corrected chi connectivity index (χ2v) is 6.75. The zero-order valence-electron chi connectivity index (χ0n) is 15.0. The quantitative estimate of drug-likeness (QED) is 0.487. The molecule has 5 nitrogen and oxygen atoms in total. The van der Waals surface area contributed by atoms with Crippen molar-refractivity contribution in [3.63, 3.8) is 0 Å². The number of carbonyl (C=O) groups excluding carboxylic acids is 1. The summed E-state index contributed by atoms with van der Waals surface area (Å²) in [5.74, 6) is 0.439.